The van der Waals surface area contributed by atoms with Gasteiger partial charge in [0.05, 0.1) is 11.3 Å². The molecule has 1 aromatic rings. The van der Waals surface area contributed by atoms with Crippen LogP contribution in [0.4, 0.5) is 4.39 Å². The lowest BCUT2D eigenvalue weighted by molar-refractivity contribution is 0.388. The molecule has 0 heterocycles. The second-order valence-corrected chi connectivity index (χ2v) is 3.66. The summed E-state index contributed by atoms with van der Waals surface area (Å²) in [5.41, 5.74) is 1.79. The second-order valence-electron chi connectivity index (χ2n) is 3.66. The van der Waals surface area contributed by atoms with Crippen molar-refractivity contribution in [1.29, 1.82) is 5.26 Å². The number of aliphatic hydroxyl groups excluding tert-OH is 1. The number of halogens is 1. The highest BCUT2D eigenvalue weighted by Crippen LogP contribution is 2.26. The van der Waals surface area contributed by atoms with E-state index in [1.807, 2.05) is 0 Å². The Morgan fingerprint density at radius 3 is 2.62 bits per heavy atom. The molecule has 0 spiro atoms. The first-order valence-corrected chi connectivity index (χ1v) is 4.99. The first-order chi connectivity index (χ1) is 7.70. The molecule has 0 fully saturated rings. The highest BCUT2D eigenvalue weighted by Gasteiger charge is 2.09. The summed E-state index contributed by atoms with van der Waals surface area (Å²) in [6.45, 7) is 0. The number of aliphatic hydroxyl groups is 1. The van der Waals surface area contributed by atoms with Gasteiger partial charge >= 0.3 is 0 Å². The van der Waals surface area contributed by atoms with Crippen molar-refractivity contribution in [1.82, 2.24) is 0 Å². The number of hydrogen-bond acceptors (Lipinski definition) is 2. The minimum atomic E-state index is -0.500. The van der Waals surface area contributed by atoms with Gasteiger partial charge in [-0.25, -0.2) is 4.39 Å². The molecular formula is C13H10FNO. The van der Waals surface area contributed by atoms with Crippen LogP contribution in [0.1, 0.15) is 24.0 Å². The van der Waals surface area contributed by atoms with Crippen LogP contribution in [0.2, 0.25) is 0 Å². The van der Waals surface area contributed by atoms with Gasteiger partial charge in [-0.15, -0.1) is 0 Å². The van der Waals surface area contributed by atoms with Gasteiger partial charge < -0.3 is 5.11 Å². The molecule has 1 aliphatic rings. The zero-order valence-corrected chi connectivity index (χ0v) is 8.57. The van der Waals surface area contributed by atoms with Crippen LogP contribution >= 0.6 is 0 Å². The molecule has 0 atom stereocenters. The van der Waals surface area contributed by atoms with Crippen LogP contribution in [0, 0.1) is 17.1 Å². The predicted octanol–water partition coefficient (Wildman–Crippen LogP) is 3.32. The van der Waals surface area contributed by atoms with Gasteiger partial charge in [-0.3, -0.25) is 0 Å². The van der Waals surface area contributed by atoms with Crippen LogP contribution in [0.3, 0.4) is 0 Å². The molecule has 3 heteroatoms. The lowest BCUT2D eigenvalue weighted by atomic mass is 9.96. The Hall–Kier alpha value is -2.08. The quantitative estimate of drug-likeness (QED) is 0.780. The van der Waals surface area contributed by atoms with Crippen LogP contribution < -0.4 is 0 Å². The molecule has 16 heavy (non-hydrogen) atoms. The number of nitriles is 1. The Bertz CT molecular complexity index is 523. The van der Waals surface area contributed by atoms with Gasteiger partial charge in [0.2, 0.25) is 0 Å². The maximum atomic E-state index is 13.4. The molecule has 2 nitrogen and oxygen atoms in total. The first-order valence-electron chi connectivity index (χ1n) is 4.99. The van der Waals surface area contributed by atoms with Gasteiger partial charge in [0.15, 0.2) is 0 Å². The number of benzene rings is 1. The normalized spacial score (nSPS) is 15.0. The first kappa shape index (κ1) is 10.4. The monoisotopic (exact) mass is 215 g/mol. The van der Waals surface area contributed by atoms with E-state index < -0.39 is 5.82 Å². The van der Waals surface area contributed by atoms with Crippen molar-refractivity contribution in [3.05, 3.63) is 53.1 Å². The third kappa shape index (κ3) is 1.96. The van der Waals surface area contributed by atoms with Crippen molar-refractivity contribution in [2.24, 2.45) is 0 Å². The fraction of sp³-hybridized carbons (Fsp3) is 0.154. The maximum absolute atomic E-state index is 13.4. The molecule has 2 rings (SSSR count). The average Bonchev–Trinajstić information content (AvgIpc) is 2.30. The van der Waals surface area contributed by atoms with E-state index in [0.717, 1.165) is 11.1 Å². The SMILES string of the molecule is N#Cc1ccc(C2=CC=C(O)CC2)cc1F. The summed E-state index contributed by atoms with van der Waals surface area (Å²) in [7, 11) is 0. The highest BCUT2D eigenvalue weighted by molar-refractivity contribution is 5.69. The molecule has 0 aliphatic heterocycles. The predicted molar refractivity (Wildman–Crippen MR) is 59.0 cm³/mol. The zero-order chi connectivity index (χ0) is 11.5. The van der Waals surface area contributed by atoms with Crippen molar-refractivity contribution in [3.63, 3.8) is 0 Å². The van der Waals surface area contributed by atoms with Gasteiger partial charge in [-0.2, -0.15) is 5.26 Å². The van der Waals surface area contributed by atoms with E-state index in [0.29, 0.717) is 18.6 Å². The molecule has 0 aromatic heterocycles. The Morgan fingerprint density at radius 2 is 2.06 bits per heavy atom. The lowest BCUT2D eigenvalue weighted by Crippen LogP contribution is -1.94. The van der Waals surface area contributed by atoms with Crippen molar-refractivity contribution < 1.29 is 9.50 Å². The van der Waals surface area contributed by atoms with Crippen molar-refractivity contribution in [2.75, 3.05) is 0 Å². The molecule has 80 valence electrons. The smallest absolute Gasteiger partial charge is 0.141 e. The van der Waals surface area contributed by atoms with E-state index in [9.17, 15) is 9.50 Å². The molecular weight excluding hydrogens is 205 g/mol. The summed E-state index contributed by atoms with van der Waals surface area (Å²) >= 11 is 0. The second kappa shape index (κ2) is 4.19. The molecule has 1 aliphatic carbocycles. The van der Waals surface area contributed by atoms with Crippen molar-refractivity contribution in [3.8, 4) is 6.07 Å². The van der Waals surface area contributed by atoms with E-state index in [4.69, 9.17) is 5.26 Å². The zero-order valence-electron chi connectivity index (χ0n) is 8.57. The van der Waals surface area contributed by atoms with E-state index in [1.54, 1.807) is 24.3 Å². The van der Waals surface area contributed by atoms with Crippen LogP contribution in [0.15, 0.2) is 36.1 Å². The largest absolute Gasteiger partial charge is 0.512 e. The van der Waals surface area contributed by atoms with Crippen LogP contribution in [-0.2, 0) is 0 Å². The van der Waals surface area contributed by atoms with Crippen LogP contribution in [-0.4, -0.2) is 5.11 Å². The molecule has 0 amide bonds. The summed E-state index contributed by atoms with van der Waals surface area (Å²) in [4.78, 5) is 0. The minimum Gasteiger partial charge on any atom is -0.512 e. The van der Waals surface area contributed by atoms with E-state index in [1.165, 1.54) is 12.1 Å². The number of allylic oxidation sites excluding steroid dienone is 4. The third-order valence-corrected chi connectivity index (χ3v) is 2.59. The van der Waals surface area contributed by atoms with Gasteiger partial charge in [0.1, 0.15) is 11.9 Å². The fourth-order valence-electron chi connectivity index (χ4n) is 1.67. The van der Waals surface area contributed by atoms with Crippen LogP contribution in [0.5, 0.6) is 0 Å². The van der Waals surface area contributed by atoms with E-state index >= 15 is 0 Å². The van der Waals surface area contributed by atoms with Gasteiger partial charge in [-0.05, 0) is 35.8 Å². The van der Waals surface area contributed by atoms with Crippen molar-refractivity contribution in [2.45, 2.75) is 12.8 Å². The topological polar surface area (TPSA) is 44.0 Å². The molecule has 1 N–H and O–H groups in total. The summed E-state index contributed by atoms with van der Waals surface area (Å²) in [6, 6.07) is 6.35. The van der Waals surface area contributed by atoms with Gasteiger partial charge in [0.25, 0.3) is 0 Å². The highest BCUT2D eigenvalue weighted by atomic mass is 19.1. The van der Waals surface area contributed by atoms with Crippen LogP contribution in [0.25, 0.3) is 5.57 Å². The molecule has 1 aromatic carbocycles. The molecule has 0 saturated heterocycles. The molecule has 0 radical (unpaired) electrons. The molecule has 0 unspecified atom stereocenters. The average molecular weight is 215 g/mol. The third-order valence-electron chi connectivity index (χ3n) is 2.59. The molecule has 0 bridgehead atoms. The Morgan fingerprint density at radius 1 is 1.25 bits per heavy atom. The minimum absolute atomic E-state index is 0.0542. The number of nitrogens with zero attached hydrogens (tertiary/aromatic N) is 1. The maximum Gasteiger partial charge on any atom is 0.141 e. The Labute approximate surface area is 93.0 Å². The summed E-state index contributed by atoms with van der Waals surface area (Å²) in [5, 5.41) is 17.8. The number of rotatable bonds is 1. The van der Waals surface area contributed by atoms with E-state index in [-0.39, 0.29) is 5.56 Å². The summed E-state index contributed by atoms with van der Waals surface area (Å²) in [6.07, 6.45) is 4.66. The standard InChI is InChI=1S/C13H10FNO/c14-13-7-10(1-2-11(13)8-15)9-3-5-12(16)6-4-9/h1-3,5,7,16H,4,6H2. The van der Waals surface area contributed by atoms with Gasteiger partial charge in [0, 0.05) is 6.42 Å². The Balaban J connectivity index is 2.36. The summed E-state index contributed by atoms with van der Waals surface area (Å²) in [5.74, 6) is -0.155. The lowest BCUT2D eigenvalue weighted by Gasteiger charge is -2.11. The Kier molecular flexibility index (Phi) is 2.74. The van der Waals surface area contributed by atoms with E-state index in [2.05, 4.69) is 0 Å². The van der Waals surface area contributed by atoms with Gasteiger partial charge in [-0.1, -0.05) is 12.1 Å². The van der Waals surface area contributed by atoms with Crippen molar-refractivity contribution >= 4 is 5.57 Å². The summed E-state index contributed by atoms with van der Waals surface area (Å²) < 4.78 is 13.4. The fourth-order valence-corrected chi connectivity index (χ4v) is 1.67. The molecule has 0 saturated carbocycles. The number of hydrogen-bond donors (Lipinski definition) is 1.